The van der Waals surface area contributed by atoms with Gasteiger partial charge in [-0.05, 0) is 30.9 Å². The van der Waals surface area contributed by atoms with E-state index in [2.05, 4.69) is 6.26 Å². The van der Waals surface area contributed by atoms with E-state index < -0.39 is 0 Å². The molecular weight excluding hydrogens is 194 g/mol. The maximum Gasteiger partial charge on any atom is 0.119 e. The number of rotatable bonds is 5. The molecule has 2 N–H and O–H groups in total. The van der Waals surface area contributed by atoms with Crippen molar-refractivity contribution in [2.45, 2.75) is 13.0 Å². The molecule has 0 unspecified atom stereocenters. The van der Waals surface area contributed by atoms with Crippen molar-refractivity contribution in [3.8, 4) is 5.75 Å². The highest BCUT2D eigenvalue weighted by Gasteiger charge is 2.00. The molecule has 0 heterocycles. The number of hydrogen-bond acceptors (Lipinski definition) is 3. The summed E-state index contributed by atoms with van der Waals surface area (Å²) in [4.78, 5) is 0. The number of nitrogens with two attached hydrogens (primary N) is 1. The van der Waals surface area contributed by atoms with E-state index in [4.69, 9.17) is 10.5 Å². The molecule has 0 saturated carbocycles. The van der Waals surface area contributed by atoms with Crippen molar-refractivity contribution in [1.29, 1.82) is 0 Å². The van der Waals surface area contributed by atoms with E-state index in [0.29, 0.717) is 0 Å². The van der Waals surface area contributed by atoms with Crippen molar-refractivity contribution < 1.29 is 4.74 Å². The van der Waals surface area contributed by atoms with Gasteiger partial charge in [-0.3, -0.25) is 0 Å². The van der Waals surface area contributed by atoms with Crippen molar-refractivity contribution in [2.24, 2.45) is 5.73 Å². The van der Waals surface area contributed by atoms with Crippen molar-refractivity contribution in [2.75, 3.05) is 18.6 Å². The quantitative estimate of drug-likeness (QED) is 0.760. The van der Waals surface area contributed by atoms with Gasteiger partial charge < -0.3 is 10.5 Å². The van der Waals surface area contributed by atoms with Crippen LogP contribution in [-0.2, 0) is 0 Å². The van der Waals surface area contributed by atoms with E-state index in [-0.39, 0.29) is 6.04 Å². The van der Waals surface area contributed by atoms with Gasteiger partial charge in [0.15, 0.2) is 0 Å². The first kappa shape index (κ1) is 11.4. The largest absolute Gasteiger partial charge is 0.493 e. The highest BCUT2D eigenvalue weighted by atomic mass is 32.2. The molecule has 1 aromatic rings. The van der Waals surface area contributed by atoms with Gasteiger partial charge in [0, 0.05) is 11.8 Å². The molecular formula is C11H17NOS. The monoisotopic (exact) mass is 211 g/mol. The molecule has 0 bridgehead atoms. The van der Waals surface area contributed by atoms with E-state index in [1.54, 1.807) is 11.8 Å². The zero-order valence-corrected chi connectivity index (χ0v) is 9.51. The lowest BCUT2D eigenvalue weighted by Crippen LogP contribution is -2.05. The van der Waals surface area contributed by atoms with Crippen molar-refractivity contribution in [3.05, 3.63) is 29.8 Å². The Morgan fingerprint density at radius 2 is 2.29 bits per heavy atom. The second kappa shape index (κ2) is 5.94. The van der Waals surface area contributed by atoms with E-state index >= 15 is 0 Å². The maximum absolute atomic E-state index is 5.78. The first-order valence-electron chi connectivity index (χ1n) is 4.71. The minimum Gasteiger partial charge on any atom is -0.493 e. The Morgan fingerprint density at radius 3 is 2.93 bits per heavy atom. The molecule has 78 valence electrons. The molecule has 0 aliphatic carbocycles. The number of hydrogen-bond donors (Lipinski definition) is 1. The second-order valence-corrected chi connectivity index (χ2v) is 4.19. The zero-order valence-electron chi connectivity index (χ0n) is 8.69. The van der Waals surface area contributed by atoms with E-state index in [0.717, 1.165) is 23.7 Å². The minimum atomic E-state index is 0.0686. The summed E-state index contributed by atoms with van der Waals surface area (Å²) in [5.74, 6) is 1.93. The van der Waals surface area contributed by atoms with Gasteiger partial charge in [0.05, 0.1) is 6.61 Å². The summed E-state index contributed by atoms with van der Waals surface area (Å²) in [5.41, 5.74) is 6.90. The smallest absolute Gasteiger partial charge is 0.119 e. The molecule has 0 radical (unpaired) electrons. The van der Waals surface area contributed by atoms with Crippen LogP contribution in [-0.4, -0.2) is 18.6 Å². The van der Waals surface area contributed by atoms with Gasteiger partial charge in [0.25, 0.3) is 0 Å². The normalized spacial score (nSPS) is 12.5. The molecule has 0 amide bonds. The third kappa shape index (κ3) is 3.60. The maximum atomic E-state index is 5.78. The van der Waals surface area contributed by atoms with Crippen LogP contribution in [0.25, 0.3) is 0 Å². The van der Waals surface area contributed by atoms with Crippen LogP contribution in [0, 0.1) is 0 Å². The Bertz CT molecular complexity index is 276. The van der Waals surface area contributed by atoms with Gasteiger partial charge in [-0.2, -0.15) is 11.8 Å². The lowest BCUT2D eigenvalue weighted by molar-refractivity contribution is 0.343. The van der Waals surface area contributed by atoms with E-state index in [1.807, 2.05) is 31.2 Å². The Labute approximate surface area is 89.8 Å². The SMILES string of the molecule is CSCCOc1cccc([C@H](C)N)c1. The molecule has 0 aliphatic rings. The molecule has 1 aromatic carbocycles. The molecule has 0 fully saturated rings. The summed E-state index contributed by atoms with van der Waals surface area (Å²) in [6.07, 6.45) is 2.07. The van der Waals surface area contributed by atoms with Gasteiger partial charge in [0.1, 0.15) is 5.75 Å². The summed E-state index contributed by atoms with van der Waals surface area (Å²) in [7, 11) is 0. The third-order valence-electron chi connectivity index (χ3n) is 1.94. The predicted octanol–water partition coefficient (Wildman–Crippen LogP) is 2.45. The molecule has 1 rings (SSSR count). The van der Waals surface area contributed by atoms with Crippen molar-refractivity contribution >= 4 is 11.8 Å². The van der Waals surface area contributed by atoms with Crippen LogP contribution in [0.15, 0.2) is 24.3 Å². The lowest BCUT2D eigenvalue weighted by Gasteiger charge is -2.09. The van der Waals surface area contributed by atoms with Crippen LogP contribution >= 0.6 is 11.8 Å². The Hall–Kier alpha value is -0.670. The number of ether oxygens (including phenoxy) is 1. The fourth-order valence-corrected chi connectivity index (χ4v) is 1.38. The Morgan fingerprint density at radius 1 is 1.50 bits per heavy atom. The molecule has 0 aromatic heterocycles. The molecule has 3 heteroatoms. The summed E-state index contributed by atoms with van der Waals surface area (Å²) in [6, 6.07) is 8.04. The van der Waals surface area contributed by atoms with Crippen LogP contribution in [0.2, 0.25) is 0 Å². The van der Waals surface area contributed by atoms with E-state index in [1.165, 1.54) is 0 Å². The number of benzene rings is 1. The minimum absolute atomic E-state index is 0.0686. The third-order valence-corrected chi connectivity index (χ3v) is 2.51. The second-order valence-electron chi connectivity index (χ2n) is 3.20. The van der Waals surface area contributed by atoms with Crippen LogP contribution in [0.1, 0.15) is 18.5 Å². The van der Waals surface area contributed by atoms with Gasteiger partial charge >= 0.3 is 0 Å². The average Bonchev–Trinajstić information content (AvgIpc) is 2.19. The van der Waals surface area contributed by atoms with Gasteiger partial charge in [-0.1, -0.05) is 12.1 Å². The van der Waals surface area contributed by atoms with Gasteiger partial charge in [-0.15, -0.1) is 0 Å². The van der Waals surface area contributed by atoms with Crippen molar-refractivity contribution in [3.63, 3.8) is 0 Å². The highest BCUT2D eigenvalue weighted by Crippen LogP contribution is 2.17. The molecule has 0 aliphatic heterocycles. The van der Waals surface area contributed by atoms with Crippen LogP contribution in [0.4, 0.5) is 0 Å². The molecule has 0 spiro atoms. The average molecular weight is 211 g/mol. The van der Waals surface area contributed by atoms with Gasteiger partial charge in [-0.25, -0.2) is 0 Å². The molecule has 2 nitrogen and oxygen atoms in total. The highest BCUT2D eigenvalue weighted by molar-refractivity contribution is 7.98. The first-order valence-corrected chi connectivity index (χ1v) is 6.10. The summed E-state index contributed by atoms with van der Waals surface area (Å²) >= 11 is 1.78. The Kier molecular flexibility index (Phi) is 4.84. The summed E-state index contributed by atoms with van der Waals surface area (Å²) in [5, 5.41) is 0. The zero-order chi connectivity index (χ0) is 10.4. The summed E-state index contributed by atoms with van der Waals surface area (Å²) < 4.78 is 5.56. The Balaban J connectivity index is 2.55. The van der Waals surface area contributed by atoms with Crippen molar-refractivity contribution in [1.82, 2.24) is 0 Å². The summed E-state index contributed by atoms with van der Waals surface area (Å²) in [6.45, 7) is 2.73. The predicted molar refractivity (Wildman–Crippen MR) is 62.9 cm³/mol. The topological polar surface area (TPSA) is 35.2 Å². The molecule has 14 heavy (non-hydrogen) atoms. The standard InChI is InChI=1S/C11H17NOS/c1-9(12)10-4-3-5-11(8-10)13-6-7-14-2/h3-5,8-9H,6-7,12H2,1-2H3/t9-/m0/s1. The van der Waals surface area contributed by atoms with Crippen LogP contribution in [0.5, 0.6) is 5.75 Å². The van der Waals surface area contributed by atoms with Gasteiger partial charge in [0.2, 0.25) is 0 Å². The first-order chi connectivity index (χ1) is 6.74. The fourth-order valence-electron chi connectivity index (χ4n) is 1.13. The number of thioether (sulfide) groups is 1. The van der Waals surface area contributed by atoms with Crippen LogP contribution < -0.4 is 10.5 Å². The van der Waals surface area contributed by atoms with Crippen LogP contribution in [0.3, 0.4) is 0 Å². The van der Waals surface area contributed by atoms with E-state index in [9.17, 15) is 0 Å². The fraction of sp³-hybridized carbons (Fsp3) is 0.455. The molecule has 0 saturated heterocycles. The molecule has 1 atom stereocenters. The lowest BCUT2D eigenvalue weighted by atomic mass is 10.1.